The van der Waals surface area contributed by atoms with Gasteiger partial charge in [-0.2, -0.15) is 0 Å². The van der Waals surface area contributed by atoms with Crippen LogP contribution in [0.5, 0.6) is 0 Å². The van der Waals surface area contributed by atoms with E-state index in [1.807, 2.05) is 43.1 Å². The van der Waals surface area contributed by atoms with E-state index in [2.05, 4.69) is 10.3 Å². The standard InChI is InChI=1S/C17H26ClN3O2.HI/c1-3-19-16(20-13-17(22)8-10-23-11-9-17)21(2)12-14-6-4-5-7-15(14)18;/h4-7,22H,3,8-13H2,1-2H3,(H,19,20);1H. The molecule has 0 aromatic heterocycles. The average molecular weight is 468 g/mol. The van der Waals surface area contributed by atoms with E-state index < -0.39 is 5.60 Å². The number of hydrogen-bond acceptors (Lipinski definition) is 3. The van der Waals surface area contributed by atoms with Crippen LogP contribution in [0.2, 0.25) is 5.02 Å². The van der Waals surface area contributed by atoms with Crippen LogP contribution in [-0.4, -0.2) is 54.9 Å². The van der Waals surface area contributed by atoms with Crippen molar-refractivity contribution in [3.63, 3.8) is 0 Å². The molecule has 1 fully saturated rings. The second-order valence-electron chi connectivity index (χ2n) is 5.95. The third-order valence-corrected chi connectivity index (χ3v) is 4.38. The van der Waals surface area contributed by atoms with Crippen LogP contribution >= 0.6 is 35.6 Å². The van der Waals surface area contributed by atoms with E-state index in [0.717, 1.165) is 23.1 Å². The molecule has 2 rings (SSSR count). The maximum absolute atomic E-state index is 10.5. The minimum absolute atomic E-state index is 0. The molecule has 7 heteroatoms. The normalized spacial score (nSPS) is 17.1. The lowest BCUT2D eigenvalue weighted by Gasteiger charge is -2.31. The van der Waals surface area contributed by atoms with Crippen molar-refractivity contribution in [2.24, 2.45) is 4.99 Å². The summed E-state index contributed by atoms with van der Waals surface area (Å²) in [4.78, 5) is 6.64. The van der Waals surface area contributed by atoms with E-state index in [0.29, 0.717) is 39.1 Å². The van der Waals surface area contributed by atoms with Crippen molar-refractivity contribution >= 4 is 41.5 Å². The molecule has 0 unspecified atom stereocenters. The predicted octanol–water partition coefficient (Wildman–Crippen LogP) is 2.90. The number of nitrogens with zero attached hydrogens (tertiary/aromatic N) is 2. The zero-order chi connectivity index (χ0) is 16.7. The van der Waals surface area contributed by atoms with Crippen molar-refractivity contribution < 1.29 is 9.84 Å². The number of aliphatic imine (C=N–C) groups is 1. The van der Waals surface area contributed by atoms with Crippen molar-refractivity contribution in [2.75, 3.05) is 33.4 Å². The summed E-state index contributed by atoms with van der Waals surface area (Å²) in [6, 6.07) is 7.80. The number of benzene rings is 1. The molecular weight excluding hydrogens is 441 g/mol. The number of guanidine groups is 1. The molecule has 0 spiro atoms. The van der Waals surface area contributed by atoms with Gasteiger partial charge in [0.1, 0.15) is 0 Å². The number of hydrogen-bond donors (Lipinski definition) is 2. The predicted molar refractivity (Wildman–Crippen MR) is 109 cm³/mol. The van der Waals surface area contributed by atoms with Gasteiger partial charge in [-0.3, -0.25) is 4.99 Å². The molecule has 2 N–H and O–H groups in total. The van der Waals surface area contributed by atoms with Gasteiger partial charge in [0.2, 0.25) is 0 Å². The van der Waals surface area contributed by atoms with Crippen molar-refractivity contribution in [2.45, 2.75) is 31.9 Å². The number of rotatable bonds is 5. The second kappa shape index (κ2) is 10.4. The van der Waals surface area contributed by atoms with E-state index in [1.54, 1.807) is 0 Å². The smallest absolute Gasteiger partial charge is 0.194 e. The van der Waals surface area contributed by atoms with E-state index >= 15 is 0 Å². The molecule has 5 nitrogen and oxygen atoms in total. The van der Waals surface area contributed by atoms with E-state index in [-0.39, 0.29) is 24.0 Å². The number of aliphatic hydroxyl groups is 1. The Morgan fingerprint density at radius 3 is 2.67 bits per heavy atom. The van der Waals surface area contributed by atoms with Crippen LogP contribution in [0.4, 0.5) is 0 Å². The van der Waals surface area contributed by atoms with E-state index in [4.69, 9.17) is 16.3 Å². The zero-order valence-corrected chi connectivity index (χ0v) is 17.4. The van der Waals surface area contributed by atoms with Gasteiger partial charge in [0.25, 0.3) is 0 Å². The Balaban J connectivity index is 0.00000288. The Morgan fingerprint density at radius 1 is 1.38 bits per heavy atom. The summed E-state index contributed by atoms with van der Waals surface area (Å²) in [5, 5.41) is 14.6. The minimum Gasteiger partial charge on any atom is -0.388 e. The maximum Gasteiger partial charge on any atom is 0.194 e. The summed E-state index contributed by atoms with van der Waals surface area (Å²) >= 11 is 6.23. The van der Waals surface area contributed by atoms with Crippen molar-refractivity contribution in [1.82, 2.24) is 10.2 Å². The molecule has 1 aliphatic heterocycles. The van der Waals surface area contributed by atoms with Gasteiger partial charge in [0, 0.05) is 51.2 Å². The Kier molecular flexibility index (Phi) is 9.33. The Hall–Kier alpha value is -0.570. The van der Waals surface area contributed by atoms with Crippen LogP contribution < -0.4 is 5.32 Å². The topological polar surface area (TPSA) is 57.1 Å². The van der Waals surface area contributed by atoms with Gasteiger partial charge in [-0.15, -0.1) is 24.0 Å². The lowest BCUT2D eigenvalue weighted by Crippen LogP contribution is -2.43. The van der Waals surface area contributed by atoms with Crippen LogP contribution in [-0.2, 0) is 11.3 Å². The Bertz CT molecular complexity index is 536. The molecule has 0 aliphatic carbocycles. The number of halogens is 2. The highest BCUT2D eigenvalue weighted by atomic mass is 127. The Morgan fingerprint density at radius 2 is 2.04 bits per heavy atom. The van der Waals surface area contributed by atoms with Crippen LogP contribution in [0.15, 0.2) is 29.3 Å². The monoisotopic (exact) mass is 467 g/mol. The molecule has 0 amide bonds. The molecule has 0 bridgehead atoms. The third kappa shape index (κ3) is 6.38. The highest BCUT2D eigenvalue weighted by molar-refractivity contribution is 14.0. The van der Waals surface area contributed by atoms with Crippen molar-refractivity contribution in [1.29, 1.82) is 0 Å². The van der Waals surface area contributed by atoms with Crippen LogP contribution in [0.1, 0.15) is 25.3 Å². The first kappa shape index (κ1) is 21.5. The molecule has 24 heavy (non-hydrogen) atoms. The van der Waals surface area contributed by atoms with Crippen LogP contribution in [0.25, 0.3) is 0 Å². The number of ether oxygens (including phenoxy) is 1. The molecule has 1 heterocycles. The van der Waals surface area contributed by atoms with Gasteiger partial charge in [0.15, 0.2) is 5.96 Å². The first-order valence-corrected chi connectivity index (χ1v) is 8.45. The van der Waals surface area contributed by atoms with Gasteiger partial charge in [-0.1, -0.05) is 29.8 Å². The highest BCUT2D eigenvalue weighted by Gasteiger charge is 2.29. The van der Waals surface area contributed by atoms with E-state index in [9.17, 15) is 5.11 Å². The molecule has 1 saturated heterocycles. The summed E-state index contributed by atoms with van der Waals surface area (Å²) in [5.74, 6) is 0.771. The quantitative estimate of drug-likeness (QED) is 0.397. The largest absolute Gasteiger partial charge is 0.388 e. The fourth-order valence-electron chi connectivity index (χ4n) is 2.56. The van der Waals surface area contributed by atoms with Gasteiger partial charge in [-0.25, -0.2) is 0 Å². The van der Waals surface area contributed by atoms with Gasteiger partial charge in [-0.05, 0) is 18.6 Å². The lowest BCUT2D eigenvalue weighted by molar-refractivity contribution is -0.0566. The molecule has 0 atom stereocenters. The lowest BCUT2D eigenvalue weighted by atomic mass is 9.95. The summed E-state index contributed by atoms with van der Waals surface area (Å²) < 4.78 is 5.31. The molecule has 136 valence electrons. The zero-order valence-electron chi connectivity index (χ0n) is 14.3. The van der Waals surface area contributed by atoms with E-state index in [1.165, 1.54) is 0 Å². The minimum atomic E-state index is -0.760. The van der Waals surface area contributed by atoms with Gasteiger partial charge < -0.3 is 20.1 Å². The maximum atomic E-state index is 10.5. The molecule has 0 radical (unpaired) electrons. The van der Waals surface area contributed by atoms with Crippen LogP contribution in [0, 0.1) is 0 Å². The summed E-state index contributed by atoms with van der Waals surface area (Å²) in [7, 11) is 1.97. The Labute approximate surface area is 166 Å². The SMILES string of the molecule is CCNC(=NCC1(O)CCOCC1)N(C)Cc1ccccc1Cl.I. The average Bonchev–Trinajstić information content (AvgIpc) is 2.54. The van der Waals surface area contributed by atoms with Gasteiger partial charge in [0.05, 0.1) is 12.1 Å². The molecular formula is C17H27ClIN3O2. The molecule has 1 aromatic carbocycles. The molecule has 0 saturated carbocycles. The fraction of sp³-hybridized carbons (Fsp3) is 0.588. The third-order valence-electron chi connectivity index (χ3n) is 4.01. The second-order valence-corrected chi connectivity index (χ2v) is 6.36. The number of nitrogens with one attached hydrogen (secondary N) is 1. The molecule has 1 aromatic rings. The fourth-order valence-corrected chi connectivity index (χ4v) is 2.75. The first-order valence-electron chi connectivity index (χ1n) is 8.07. The summed E-state index contributed by atoms with van der Waals surface area (Å²) in [5.41, 5.74) is 0.288. The van der Waals surface area contributed by atoms with Crippen LogP contribution in [0.3, 0.4) is 0 Å². The highest BCUT2D eigenvalue weighted by Crippen LogP contribution is 2.21. The van der Waals surface area contributed by atoms with Gasteiger partial charge >= 0.3 is 0 Å². The summed E-state index contributed by atoms with van der Waals surface area (Å²) in [6.07, 6.45) is 1.26. The molecule has 1 aliphatic rings. The van der Waals surface area contributed by atoms with Crippen molar-refractivity contribution in [3.8, 4) is 0 Å². The summed E-state index contributed by atoms with van der Waals surface area (Å²) in [6.45, 7) is 5.03. The first-order chi connectivity index (χ1) is 11.0. The van der Waals surface area contributed by atoms with Crippen molar-refractivity contribution in [3.05, 3.63) is 34.9 Å².